The molecule has 1 aromatic rings. The van der Waals surface area contributed by atoms with Gasteiger partial charge in [-0.15, -0.1) is 0 Å². The molecule has 1 aromatic carbocycles. The number of benzene rings is 1. The maximum absolute atomic E-state index is 10.4. The van der Waals surface area contributed by atoms with Gasteiger partial charge < -0.3 is 9.90 Å². The first-order valence-corrected chi connectivity index (χ1v) is 9.85. The largest absolute Gasteiger partial charge is 0.393 e. The van der Waals surface area contributed by atoms with E-state index in [-0.39, 0.29) is 11.5 Å². The average Bonchev–Trinajstić information content (AvgIpc) is 2.89. The molecule has 0 radical (unpaired) electrons. The van der Waals surface area contributed by atoms with Gasteiger partial charge in [0.1, 0.15) is 6.29 Å². The predicted molar refractivity (Wildman–Crippen MR) is 105 cm³/mol. The molecular weight excluding hydrogens is 308 g/mol. The molecule has 2 saturated carbocycles. The van der Waals surface area contributed by atoms with Gasteiger partial charge in [0.05, 0.1) is 6.10 Å². The van der Waals surface area contributed by atoms with Crippen LogP contribution in [0.2, 0.25) is 0 Å². The number of aliphatic hydroxyl groups excluding tert-OH is 1. The van der Waals surface area contributed by atoms with Gasteiger partial charge in [-0.05, 0) is 59.0 Å². The van der Waals surface area contributed by atoms with E-state index in [1.165, 1.54) is 24.0 Å². The summed E-state index contributed by atoms with van der Waals surface area (Å²) in [6.45, 7) is 13.4. The summed E-state index contributed by atoms with van der Waals surface area (Å²) in [4.78, 5) is 10.4. The summed E-state index contributed by atoms with van der Waals surface area (Å²) >= 11 is 0. The molecule has 25 heavy (non-hydrogen) atoms. The lowest BCUT2D eigenvalue weighted by Crippen LogP contribution is -2.35. The third kappa shape index (κ3) is 3.84. The van der Waals surface area contributed by atoms with Crippen LogP contribution in [-0.4, -0.2) is 17.5 Å². The second-order valence-corrected chi connectivity index (χ2v) is 9.25. The summed E-state index contributed by atoms with van der Waals surface area (Å²) in [6, 6.07) is 8.52. The Hall–Kier alpha value is -1.15. The highest BCUT2D eigenvalue weighted by Gasteiger charge is 2.60. The van der Waals surface area contributed by atoms with Crippen molar-refractivity contribution in [2.45, 2.75) is 85.2 Å². The van der Waals surface area contributed by atoms with Crippen molar-refractivity contribution < 1.29 is 9.90 Å². The van der Waals surface area contributed by atoms with E-state index >= 15 is 0 Å². The fraction of sp³-hybridized carbons (Fsp3) is 0.696. The Labute approximate surface area is 154 Å². The van der Waals surface area contributed by atoms with Crippen molar-refractivity contribution in [1.29, 1.82) is 0 Å². The minimum atomic E-state index is -0.0313. The molecule has 2 aliphatic rings. The molecule has 0 spiro atoms. The van der Waals surface area contributed by atoms with Crippen molar-refractivity contribution in [2.75, 3.05) is 0 Å². The van der Waals surface area contributed by atoms with Crippen LogP contribution in [0.4, 0.5) is 0 Å². The van der Waals surface area contributed by atoms with Crippen LogP contribution in [0.1, 0.15) is 90.2 Å². The monoisotopic (exact) mass is 344 g/mol. The van der Waals surface area contributed by atoms with Gasteiger partial charge in [-0.25, -0.2) is 0 Å². The van der Waals surface area contributed by atoms with Gasteiger partial charge in [-0.3, -0.25) is 0 Å². The molecule has 0 heterocycles. The number of hydrogen-bond donors (Lipinski definition) is 1. The van der Waals surface area contributed by atoms with Crippen LogP contribution in [0, 0.1) is 16.7 Å². The lowest BCUT2D eigenvalue weighted by molar-refractivity contribution is -0.108. The predicted octanol–water partition coefficient (Wildman–Crippen LogP) is 5.70. The molecule has 0 amide bonds. The highest BCUT2D eigenvalue weighted by Crippen LogP contribution is 2.65. The standard InChI is InChI=1S/C13H18O.C10H18O/c1-10(2)12-5-4-6-13(9-12)11(3)7-8-14;1-9(2)7-4-5-10(9,3)8(11)6-7/h4-6,8-11H,7H2,1-3H3;7-8,11H,4-6H2,1-3H3/t;7-,8+,10-/m.1/s1. The first-order valence-electron chi connectivity index (χ1n) is 9.85. The van der Waals surface area contributed by atoms with Crippen molar-refractivity contribution in [3.8, 4) is 0 Å². The third-order valence-corrected chi connectivity index (χ3v) is 7.34. The zero-order valence-electron chi connectivity index (χ0n) is 16.9. The molecule has 4 atom stereocenters. The van der Waals surface area contributed by atoms with Gasteiger partial charge in [-0.1, -0.05) is 65.8 Å². The maximum atomic E-state index is 10.4. The highest BCUT2D eigenvalue weighted by atomic mass is 16.3. The van der Waals surface area contributed by atoms with Crippen LogP contribution >= 0.6 is 0 Å². The molecule has 2 fully saturated rings. The fourth-order valence-corrected chi connectivity index (χ4v) is 4.67. The highest BCUT2D eigenvalue weighted by molar-refractivity contribution is 5.51. The van der Waals surface area contributed by atoms with Crippen molar-refractivity contribution in [3.05, 3.63) is 35.4 Å². The van der Waals surface area contributed by atoms with E-state index in [2.05, 4.69) is 65.8 Å². The van der Waals surface area contributed by atoms with Crippen LogP contribution in [-0.2, 0) is 4.79 Å². The number of rotatable bonds is 4. The van der Waals surface area contributed by atoms with Crippen LogP contribution < -0.4 is 0 Å². The summed E-state index contributed by atoms with van der Waals surface area (Å²) in [5, 5.41) is 9.81. The minimum absolute atomic E-state index is 0.0313. The Bertz CT molecular complexity index is 590. The minimum Gasteiger partial charge on any atom is -0.393 e. The second-order valence-electron chi connectivity index (χ2n) is 9.25. The quantitative estimate of drug-likeness (QED) is 0.712. The Morgan fingerprint density at radius 3 is 2.24 bits per heavy atom. The van der Waals surface area contributed by atoms with E-state index in [0.29, 0.717) is 23.7 Å². The van der Waals surface area contributed by atoms with E-state index in [4.69, 9.17) is 0 Å². The van der Waals surface area contributed by atoms with Gasteiger partial charge in [0.2, 0.25) is 0 Å². The van der Waals surface area contributed by atoms with Crippen LogP contribution in [0.15, 0.2) is 24.3 Å². The third-order valence-electron chi connectivity index (χ3n) is 7.34. The van der Waals surface area contributed by atoms with Gasteiger partial charge >= 0.3 is 0 Å². The van der Waals surface area contributed by atoms with E-state index in [1.54, 1.807) is 0 Å². The second kappa shape index (κ2) is 7.61. The molecule has 3 rings (SSSR count). The van der Waals surface area contributed by atoms with Crippen molar-refractivity contribution in [3.63, 3.8) is 0 Å². The molecule has 2 aliphatic carbocycles. The molecule has 2 nitrogen and oxygen atoms in total. The van der Waals surface area contributed by atoms with E-state index in [9.17, 15) is 9.90 Å². The first-order chi connectivity index (χ1) is 11.6. The molecule has 140 valence electrons. The Balaban J connectivity index is 0.000000185. The summed E-state index contributed by atoms with van der Waals surface area (Å²) in [5.41, 5.74) is 3.22. The molecule has 0 aliphatic heterocycles. The topological polar surface area (TPSA) is 37.3 Å². The van der Waals surface area contributed by atoms with E-state index in [0.717, 1.165) is 18.6 Å². The van der Waals surface area contributed by atoms with Crippen LogP contribution in [0.5, 0.6) is 0 Å². The van der Waals surface area contributed by atoms with Gasteiger partial charge in [-0.2, -0.15) is 0 Å². The van der Waals surface area contributed by atoms with Crippen LogP contribution in [0.3, 0.4) is 0 Å². The number of carbonyl (C=O) groups excluding carboxylic acids is 1. The molecular formula is C23H36O2. The van der Waals surface area contributed by atoms with Crippen molar-refractivity contribution in [2.24, 2.45) is 16.7 Å². The summed E-state index contributed by atoms with van der Waals surface area (Å²) in [7, 11) is 0. The number of fused-ring (bicyclic) bond motifs is 2. The maximum Gasteiger partial charge on any atom is 0.120 e. The number of aliphatic hydroxyl groups is 1. The average molecular weight is 345 g/mol. The number of hydrogen-bond acceptors (Lipinski definition) is 2. The Morgan fingerprint density at radius 2 is 1.84 bits per heavy atom. The Morgan fingerprint density at radius 1 is 1.20 bits per heavy atom. The zero-order valence-corrected chi connectivity index (χ0v) is 16.9. The fourth-order valence-electron chi connectivity index (χ4n) is 4.67. The lowest BCUT2D eigenvalue weighted by Gasteiger charge is -2.36. The summed E-state index contributed by atoms with van der Waals surface area (Å²) in [5.74, 6) is 1.67. The molecule has 1 unspecified atom stereocenters. The molecule has 2 heteroatoms. The normalized spacial score (nSPS) is 30.7. The summed E-state index contributed by atoms with van der Waals surface area (Å²) in [6.07, 6.45) is 5.18. The van der Waals surface area contributed by atoms with Crippen LogP contribution in [0.25, 0.3) is 0 Å². The number of aldehydes is 1. The van der Waals surface area contributed by atoms with Gasteiger partial charge in [0.25, 0.3) is 0 Å². The molecule has 0 aromatic heterocycles. The molecule has 1 N–H and O–H groups in total. The zero-order chi connectivity index (χ0) is 18.8. The summed E-state index contributed by atoms with van der Waals surface area (Å²) < 4.78 is 0. The Kier molecular flexibility index (Phi) is 6.14. The van der Waals surface area contributed by atoms with E-state index in [1.807, 2.05) is 0 Å². The first kappa shape index (κ1) is 20.2. The van der Waals surface area contributed by atoms with Crippen molar-refractivity contribution >= 4 is 6.29 Å². The number of carbonyl (C=O) groups is 1. The van der Waals surface area contributed by atoms with Crippen molar-refractivity contribution in [1.82, 2.24) is 0 Å². The van der Waals surface area contributed by atoms with E-state index < -0.39 is 0 Å². The van der Waals surface area contributed by atoms with Gasteiger partial charge in [0, 0.05) is 6.42 Å². The van der Waals surface area contributed by atoms with Gasteiger partial charge in [0.15, 0.2) is 0 Å². The SMILES string of the molecule is CC(C)c1cccc(C(C)CC=O)c1.CC1(C)[C@@H]2CC[C@]1(C)[C@@H](O)C2. The molecule has 0 saturated heterocycles. The molecule has 2 bridgehead atoms. The lowest BCUT2D eigenvalue weighted by atomic mass is 9.70. The smallest absolute Gasteiger partial charge is 0.120 e.